The van der Waals surface area contributed by atoms with Gasteiger partial charge in [-0.2, -0.15) is 21.6 Å². The van der Waals surface area contributed by atoms with Crippen molar-refractivity contribution in [2.45, 2.75) is 53.1 Å². The second kappa shape index (κ2) is 12.8. The highest BCUT2D eigenvalue weighted by atomic mass is 32.2. The number of aryl methyl sites for hydroxylation is 2. The largest absolute Gasteiger partial charge is 0.516 e. The molecule has 0 bridgehead atoms. The molecule has 0 fully saturated rings. The van der Waals surface area contributed by atoms with E-state index in [4.69, 9.17) is 17.0 Å². The molecule has 0 aliphatic heterocycles. The monoisotopic (exact) mass is 573 g/mol. The first-order chi connectivity index (χ1) is 17.5. The lowest BCUT2D eigenvalue weighted by Crippen LogP contribution is -2.39. The van der Waals surface area contributed by atoms with E-state index < -0.39 is 20.9 Å². The number of ether oxygens (including phenoxy) is 1. The quantitative estimate of drug-likeness (QED) is 0.273. The normalized spacial score (nSPS) is 12.9. The zero-order valence-electron chi connectivity index (χ0n) is 22.0. The number of nitrogens with one attached hydrogen (secondary N) is 3. The van der Waals surface area contributed by atoms with E-state index in [2.05, 4.69) is 28.8 Å². The molecule has 0 aliphatic rings. The Kier molecular flexibility index (Phi) is 10.6. The van der Waals surface area contributed by atoms with Gasteiger partial charge in [-0.15, -0.1) is 0 Å². The molecule has 2 rings (SSSR count). The lowest BCUT2D eigenvalue weighted by molar-refractivity contribution is -0.154. The van der Waals surface area contributed by atoms with Gasteiger partial charge in [-0.25, -0.2) is 0 Å². The number of carbonyl (C=O) groups is 1. The Morgan fingerprint density at radius 3 is 2.13 bits per heavy atom. The number of esters is 1. The molecule has 2 aromatic carbocycles. The minimum atomic E-state index is -5.48. The van der Waals surface area contributed by atoms with Crippen LogP contribution in [-0.2, 0) is 32.5 Å². The summed E-state index contributed by atoms with van der Waals surface area (Å²) < 4.78 is 67.1. The van der Waals surface area contributed by atoms with Crippen molar-refractivity contribution >= 4 is 39.0 Å². The molecule has 0 saturated carbocycles. The standard InChI is InChI=1S/C26H34F3N3O4S2/c1-17-6-7-20(12-18(17)2)13-21(16-36-23(33)25(3,4)5)15-31-24(37)30-14-19-8-10-22(11-9-19)32-38(34,35)26(27,28)29/h6-12,21,32H,13-16H2,1-5H3,(H2,30,31,37). The van der Waals surface area contributed by atoms with Crippen molar-refractivity contribution in [1.82, 2.24) is 10.6 Å². The Morgan fingerprint density at radius 1 is 0.974 bits per heavy atom. The van der Waals surface area contributed by atoms with E-state index >= 15 is 0 Å². The highest BCUT2D eigenvalue weighted by Crippen LogP contribution is 2.25. The van der Waals surface area contributed by atoms with E-state index in [1.165, 1.54) is 40.1 Å². The number of halogens is 3. The third-order valence-corrected chi connectivity index (χ3v) is 7.08. The smallest absolute Gasteiger partial charge is 0.465 e. The average molecular weight is 574 g/mol. The number of rotatable bonds is 10. The lowest BCUT2D eigenvalue weighted by Gasteiger charge is -2.22. The molecular formula is C26H34F3N3O4S2. The van der Waals surface area contributed by atoms with E-state index in [9.17, 15) is 26.4 Å². The van der Waals surface area contributed by atoms with Crippen LogP contribution in [0.1, 0.15) is 43.0 Å². The summed E-state index contributed by atoms with van der Waals surface area (Å²) in [4.78, 5) is 12.3. The fourth-order valence-corrected chi connectivity index (χ4v) is 3.97. The van der Waals surface area contributed by atoms with Crippen LogP contribution in [0.25, 0.3) is 0 Å². The number of hydrogen-bond donors (Lipinski definition) is 3. The summed E-state index contributed by atoms with van der Waals surface area (Å²) in [5, 5.41) is 6.49. The number of hydrogen-bond acceptors (Lipinski definition) is 5. The third kappa shape index (κ3) is 9.79. The van der Waals surface area contributed by atoms with Crippen LogP contribution >= 0.6 is 12.2 Å². The summed E-state index contributed by atoms with van der Waals surface area (Å²) in [5.41, 5.74) is -2.05. The molecule has 38 heavy (non-hydrogen) atoms. The average Bonchev–Trinajstić information content (AvgIpc) is 2.80. The summed E-state index contributed by atoms with van der Waals surface area (Å²) in [6, 6.07) is 11.7. The zero-order valence-corrected chi connectivity index (χ0v) is 23.7. The molecule has 7 nitrogen and oxygen atoms in total. The highest BCUT2D eigenvalue weighted by molar-refractivity contribution is 7.93. The fourth-order valence-electron chi connectivity index (χ4n) is 3.25. The van der Waals surface area contributed by atoms with Crippen molar-refractivity contribution in [2.75, 3.05) is 17.9 Å². The van der Waals surface area contributed by atoms with E-state index in [0.717, 1.165) is 5.56 Å². The molecule has 0 spiro atoms. The molecule has 0 radical (unpaired) electrons. The van der Waals surface area contributed by atoms with Crippen LogP contribution in [0.3, 0.4) is 0 Å². The van der Waals surface area contributed by atoms with E-state index in [1.54, 1.807) is 20.8 Å². The minimum Gasteiger partial charge on any atom is -0.465 e. The van der Waals surface area contributed by atoms with E-state index in [-0.39, 0.29) is 30.7 Å². The molecule has 12 heteroatoms. The molecule has 0 amide bonds. The predicted octanol–water partition coefficient (Wildman–Crippen LogP) is 4.98. The van der Waals surface area contributed by atoms with Crippen LogP contribution in [0.5, 0.6) is 0 Å². The van der Waals surface area contributed by atoms with Crippen molar-refractivity contribution in [2.24, 2.45) is 11.3 Å². The van der Waals surface area contributed by atoms with E-state index in [1.807, 2.05) is 13.8 Å². The summed E-state index contributed by atoms with van der Waals surface area (Å²) in [6.07, 6.45) is 0.670. The molecule has 0 heterocycles. The fraction of sp³-hybridized carbons (Fsp3) is 0.462. The van der Waals surface area contributed by atoms with Crippen LogP contribution in [0.15, 0.2) is 42.5 Å². The number of sulfonamides is 1. The molecule has 0 aliphatic carbocycles. The van der Waals surface area contributed by atoms with Crippen LogP contribution < -0.4 is 15.4 Å². The van der Waals surface area contributed by atoms with Gasteiger partial charge in [0.15, 0.2) is 5.11 Å². The Morgan fingerprint density at radius 2 is 1.58 bits per heavy atom. The zero-order chi connectivity index (χ0) is 28.7. The van der Waals surface area contributed by atoms with Gasteiger partial charge in [0.05, 0.1) is 12.0 Å². The number of alkyl halides is 3. The maximum absolute atomic E-state index is 12.5. The Hall–Kier alpha value is -2.86. The van der Waals surface area contributed by atoms with Gasteiger partial charge >= 0.3 is 21.5 Å². The number of carbonyl (C=O) groups excluding carboxylic acids is 1. The first-order valence-corrected chi connectivity index (χ1v) is 13.8. The first-order valence-electron chi connectivity index (χ1n) is 11.9. The Bertz CT molecular complexity index is 1230. The summed E-state index contributed by atoms with van der Waals surface area (Å²) in [6.45, 7) is 10.4. The van der Waals surface area contributed by atoms with Crippen molar-refractivity contribution in [3.8, 4) is 0 Å². The van der Waals surface area contributed by atoms with Gasteiger partial charge in [0.1, 0.15) is 0 Å². The lowest BCUT2D eigenvalue weighted by atomic mass is 9.96. The number of thiocarbonyl (C=S) groups is 1. The molecule has 0 saturated heterocycles. The topological polar surface area (TPSA) is 96.5 Å². The van der Waals surface area contributed by atoms with Gasteiger partial charge in [0, 0.05) is 24.7 Å². The summed E-state index contributed by atoms with van der Waals surface area (Å²) >= 11 is 5.36. The molecular weight excluding hydrogens is 539 g/mol. The van der Waals surface area contributed by atoms with Crippen molar-refractivity contribution < 1.29 is 31.1 Å². The molecule has 1 unspecified atom stereocenters. The number of benzene rings is 2. The highest BCUT2D eigenvalue weighted by Gasteiger charge is 2.46. The SMILES string of the molecule is Cc1ccc(CC(CNC(=S)NCc2ccc(NS(=O)(=O)C(F)(F)F)cc2)COC(=O)C(C)(C)C)cc1C. The van der Waals surface area contributed by atoms with E-state index in [0.29, 0.717) is 23.6 Å². The minimum absolute atomic E-state index is 0.0518. The van der Waals surface area contributed by atoms with Gasteiger partial charge in [0.25, 0.3) is 0 Å². The first kappa shape index (κ1) is 31.4. The maximum atomic E-state index is 12.5. The van der Waals surface area contributed by atoms with Crippen molar-refractivity contribution in [3.05, 3.63) is 64.7 Å². The summed E-state index contributed by atoms with van der Waals surface area (Å²) in [5.74, 6) is -0.339. The third-order valence-electron chi connectivity index (χ3n) is 5.67. The van der Waals surface area contributed by atoms with Crippen LogP contribution in [0, 0.1) is 25.2 Å². The van der Waals surface area contributed by atoms with Gasteiger partial charge in [-0.3, -0.25) is 9.52 Å². The number of anilines is 1. The van der Waals surface area contributed by atoms with Crippen LogP contribution in [-0.4, -0.2) is 38.2 Å². The molecule has 0 aromatic heterocycles. The molecule has 210 valence electrons. The van der Waals surface area contributed by atoms with Gasteiger partial charge < -0.3 is 15.4 Å². The van der Waals surface area contributed by atoms with Crippen molar-refractivity contribution in [1.29, 1.82) is 0 Å². The Balaban J connectivity index is 1.94. The Labute approximate surface area is 227 Å². The maximum Gasteiger partial charge on any atom is 0.516 e. The van der Waals surface area contributed by atoms with Crippen molar-refractivity contribution in [3.63, 3.8) is 0 Å². The molecule has 1 atom stereocenters. The molecule has 3 N–H and O–H groups in total. The second-order valence-electron chi connectivity index (χ2n) is 10.1. The predicted molar refractivity (Wildman–Crippen MR) is 146 cm³/mol. The van der Waals surface area contributed by atoms with Gasteiger partial charge in [-0.05, 0) is 87.6 Å². The van der Waals surface area contributed by atoms with Crippen LogP contribution in [0.2, 0.25) is 0 Å². The second-order valence-corrected chi connectivity index (χ2v) is 12.2. The van der Waals surface area contributed by atoms with Crippen LogP contribution in [0.4, 0.5) is 18.9 Å². The van der Waals surface area contributed by atoms with Gasteiger partial charge in [-0.1, -0.05) is 30.3 Å². The van der Waals surface area contributed by atoms with Gasteiger partial charge in [0.2, 0.25) is 0 Å². The molecule has 2 aromatic rings. The summed E-state index contributed by atoms with van der Waals surface area (Å²) in [7, 11) is -5.48.